The number of carbonyl (C=O) groups is 1. The van der Waals surface area contributed by atoms with Crippen LogP contribution < -0.4 is 0 Å². The lowest BCUT2D eigenvalue weighted by Gasteiger charge is -2.31. The third-order valence-electron chi connectivity index (χ3n) is 5.44. The predicted molar refractivity (Wildman–Crippen MR) is 77.8 cm³/mol. The number of hydrogen-bond acceptors (Lipinski definition) is 2. The molecule has 2 nitrogen and oxygen atoms in total. The number of rotatable bonds is 3. The van der Waals surface area contributed by atoms with Crippen molar-refractivity contribution in [2.75, 3.05) is 6.61 Å². The van der Waals surface area contributed by atoms with E-state index < -0.39 is 0 Å². The molecular formula is C17H30O2. The molecule has 0 N–H and O–H groups in total. The first-order valence-electron chi connectivity index (χ1n) is 8.23. The first-order valence-corrected chi connectivity index (χ1v) is 8.23. The summed E-state index contributed by atoms with van der Waals surface area (Å²) < 4.78 is 5.61. The summed E-state index contributed by atoms with van der Waals surface area (Å²) in [4.78, 5) is 12.2. The fourth-order valence-corrected chi connectivity index (χ4v) is 3.79. The van der Waals surface area contributed by atoms with Gasteiger partial charge in [0.1, 0.15) is 0 Å². The molecule has 0 aliphatic heterocycles. The minimum atomic E-state index is 0.0805. The fourth-order valence-electron chi connectivity index (χ4n) is 3.79. The lowest BCUT2D eigenvalue weighted by atomic mass is 9.76. The molecule has 19 heavy (non-hydrogen) atoms. The van der Waals surface area contributed by atoms with Gasteiger partial charge in [0, 0.05) is 0 Å². The Labute approximate surface area is 118 Å². The van der Waals surface area contributed by atoms with Gasteiger partial charge in [0.2, 0.25) is 0 Å². The minimum Gasteiger partial charge on any atom is -0.465 e. The van der Waals surface area contributed by atoms with Crippen LogP contribution >= 0.6 is 0 Å². The van der Waals surface area contributed by atoms with Gasteiger partial charge in [0.05, 0.1) is 12.5 Å². The van der Waals surface area contributed by atoms with Gasteiger partial charge in [-0.3, -0.25) is 4.79 Å². The van der Waals surface area contributed by atoms with Crippen molar-refractivity contribution in [2.24, 2.45) is 29.6 Å². The summed E-state index contributed by atoms with van der Waals surface area (Å²) in [5, 5.41) is 0. The molecule has 110 valence electrons. The maximum absolute atomic E-state index is 12.2. The van der Waals surface area contributed by atoms with E-state index in [9.17, 15) is 4.79 Å². The van der Waals surface area contributed by atoms with Gasteiger partial charge in [-0.1, -0.05) is 33.6 Å². The molecule has 2 rings (SSSR count). The lowest BCUT2D eigenvalue weighted by Crippen LogP contribution is -2.29. The van der Waals surface area contributed by atoms with Crippen LogP contribution in [0.5, 0.6) is 0 Å². The van der Waals surface area contributed by atoms with Gasteiger partial charge >= 0.3 is 5.97 Å². The molecule has 0 bridgehead atoms. The molecule has 0 saturated heterocycles. The van der Waals surface area contributed by atoms with Crippen LogP contribution in [-0.2, 0) is 9.53 Å². The summed E-state index contributed by atoms with van der Waals surface area (Å²) in [6.07, 6.45) is 8.39. The number of ether oxygens (including phenoxy) is 1. The van der Waals surface area contributed by atoms with Crippen molar-refractivity contribution in [1.82, 2.24) is 0 Å². The maximum Gasteiger partial charge on any atom is 0.308 e. The Balaban J connectivity index is 1.72. The molecule has 2 aliphatic rings. The van der Waals surface area contributed by atoms with Crippen LogP contribution in [0.15, 0.2) is 0 Å². The molecule has 0 amide bonds. The van der Waals surface area contributed by atoms with Gasteiger partial charge < -0.3 is 4.74 Å². The van der Waals surface area contributed by atoms with E-state index in [0.29, 0.717) is 18.4 Å². The van der Waals surface area contributed by atoms with Crippen LogP contribution in [0.1, 0.15) is 65.7 Å². The van der Waals surface area contributed by atoms with E-state index >= 15 is 0 Å². The van der Waals surface area contributed by atoms with Gasteiger partial charge in [-0.05, 0) is 55.8 Å². The normalized spacial score (nSPS) is 39.8. The minimum absolute atomic E-state index is 0.0805. The van der Waals surface area contributed by atoms with Crippen molar-refractivity contribution in [3.63, 3.8) is 0 Å². The zero-order valence-electron chi connectivity index (χ0n) is 12.9. The molecular weight excluding hydrogens is 236 g/mol. The summed E-state index contributed by atoms with van der Waals surface area (Å²) in [5.41, 5.74) is 0. The van der Waals surface area contributed by atoms with E-state index in [1.54, 1.807) is 0 Å². The number of esters is 1. The third-order valence-corrected chi connectivity index (χ3v) is 5.44. The van der Waals surface area contributed by atoms with Gasteiger partial charge in [-0.15, -0.1) is 0 Å². The second kappa shape index (κ2) is 6.76. The topological polar surface area (TPSA) is 26.3 Å². The predicted octanol–water partition coefficient (Wildman–Crippen LogP) is 4.43. The van der Waals surface area contributed by atoms with E-state index in [2.05, 4.69) is 20.8 Å². The second-order valence-electron chi connectivity index (χ2n) is 7.23. The number of carbonyl (C=O) groups excluding carboxylic acids is 1. The molecule has 2 aliphatic carbocycles. The average Bonchev–Trinajstić information content (AvgIpc) is 2.39. The summed E-state index contributed by atoms with van der Waals surface area (Å²) in [6, 6.07) is 0. The van der Waals surface area contributed by atoms with Crippen molar-refractivity contribution in [3.8, 4) is 0 Å². The van der Waals surface area contributed by atoms with Crippen LogP contribution in [0.3, 0.4) is 0 Å². The van der Waals surface area contributed by atoms with Crippen LogP contribution in [-0.4, -0.2) is 12.6 Å². The van der Waals surface area contributed by atoms with Crippen molar-refractivity contribution >= 4 is 5.97 Å². The highest BCUT2D eigenvalue weighted by molar-refractivity contribution is 5.72. The molecule has 0 spiro atoms. The molecule has 0 aromatic carbocycles. The van der Waals surface area contributed by atoms with Crippen LogP contribution in [0.2, 0.25) is 0 Å². The smallest absolute Gasteiger partial charge is 0.308 e. The Morgan fingerprint density at radius 3 is 2.47 bits per heavy atom. The first-order chi connectivity index (χ1) is 9.06. The van der Waals surface area contributed by atoms with Gasteiger partial charge in [0.15, 0.2) is 0 Å². The number of hydrogen-bond donors (Lipinski definition) is 0. The highest BCUT2D eigenvalue weighted by atomic mass is 16.5. The van der Waals surface area contributed by atoms with Gasteiger partial charge in [-0.2, -0.15) is 0 Å². The summed E-state index contributed by atoms with van der Waals surface area (Å²) >= 11 is 0. The van der Waals surface area contributed by atoms with E-state index in [4.69, 9.17) is 4.74 Å². The average molecular weight is 266 g/mol. The Kier molecular flexibility index (Phi) is 5.29. The zero-order chi connectivity index (χ0) is 13.8. The van der Waals surface area contributed by atoms with Crippen LogP contribution in [0, 0.1) is 29.6 Å². The molecule has 5 unspecified atom stereocenters. The van der Waals surface area contributed by atoms with Crippen LogP contribution in [0.25, 0.3) is 0 Å². The molecule has 5 atom stereocenters. The SMILES string of the molecule is CC1CCCC(COC(=O)C2CCC(C)C(C)C2)C1. The van der Waals surface area contributed by atoms with Gasteiger partial charge in [-0.25, -0.2) is 0 Å². The highest BCUT2D eigenvalue weighted by Gasteiger charge is 2.30. The van der Waals surface area contributed by atoms with Crippen LogP contribution in [0.4, 0.5) is 0 Å². The molecule has 0 aromatic heterocycles. The Morgan fingerprint density at radius 1 is 1.00 bits per heavy atom. The largest absolute Gasteiger partial charge is 0.465 e. The monoisotopic (exact) mass is 266 g/mol. The fraction of sp³-hybridized carbons (Fsp3) is 0.941. The van der Waals surface area contributed by atoms with E-state index in [0.717, 1.165) is 24.7 Å². The maximum atomic E-state index is 12.2. The van der Waals surface area contributed by atoms with E-state index in [1.165, 1.54) is 32.1 Å². The van der Waals surface area contributed by atoms with Crippen molar-refractivity contribution in [1.29, 1.82) is 0 Å². The summed E-state index contributed by atoms with van der Waals surface area (Å²) in [5.74, 6) is 3.12. The molecule has 2 heteroatoms. The molecule has 0 radical (unpaired) electrons. The summed E-state index contributed by atoms with van der Waals surface area (Å²) in [6.45, 7) is 7.56. The third kappa shape index (κ3) is 4.22. The quantitative estimate of drug-likeness (QED) is 0.706. The molecule has 2 fully saturated rings. The molecule has 2 saturated carbocycles. The second-order valence-corrected chi connectivity index (χ2v) is 7.23. The standard InChI is InChI=1S/C17H30O2/c1-12-5-4-6-15(9-12)11-19-17(18)16-8-7-13(2)14(3)10-16/h12-16H,4-11H2,1-3H3. The zero-order valence-corrected chi connectivity index (χ0v) is 12.9. The van der Waals surface area contributed by atoms with Gasteiger partial charge in [0.25, 0.3) is 0 Å². The summed E-state index contributed by atoms with van der Waals surface area (Å²) in [7, 11) is 0. The Hall–Kier alpha value is -0.530. The van der Waals surface area contributed by atoms with E-state index in [-0.39, 0.29) is 11.9 Å². The Morgan fingerprint density at radius 2 is 1.79 bits per heavy atom. The lowest BCUT2D eigenvalue weighted by molar-refractivity contribution is -0.152. The Bertz CT molecular complexity index is 300. The first kappa shape index (κ1) is 14.9. The van der Waals surface area contributed by atoms with Crippen molar-refractivity contribution in [2.45, 2.75) is 65.7 Å². The van der Waals surface area contributed by atoms with Crippen molar-refractivity contribution in [3.05, 3.63) is 0 Å². The highest BCUT2D eigenvalue weighted by Crippen LogP contribution is 2.34. The molecule has 0 heterocycles. The molecule has 0 aromatic rings. The van der Waals surface area contributed by atoms with E-state index in [1.807, 2.05) is 0 Å². The van der Waals surface area contributed by atoms with Crippen molar-refractivity contribution < 1.29 is 9.53 Å².